The molecule has 1 heterocycles. The summed E-state index contributed by atoms with van der Waals surface area (Å²) in [4.78, 5) is 15.0. The van der Waals surface area contributed by atoms with Crippen LogP contribution in [0.1, 0.15) is 18.4 Å². The fraction of sp³-hybridized carbons (Fsp3) is 0.348. The molecule has 3 rings (SSSR count). The number of para-hydroxylation sites is 1. The summed E-state index contributed by atoms with van der Waals surface area (Å²) in [5.74, 6) is 0.900. The molecule has 3 aromatic rings. The molecule has 0 aliphatic carbocycles. The Balaban J connectivity index is 1.75. The van der Waals surface area contributed by atoms with Crippen LogP contribution in [0, 0.1) is 0 Å². The molecule has 1 aromatic heterocycles. The molecule has 6 nitrogen and oxygen atoms in total. The summed E-state index contributed by atoms with van der Waals surface area (Å²) < 4.78 is 13.3. The minimum absolute atomic E-state index is 0.0825. The van der Waals surface area contributed by atoms with Gasteiger partial charge in [-0.05, 0) is 44.8 Å². The normalized spacial score (nSPS) is 12.2. The van der Waals surface area contributed by atoms with E-state index in [2.05, 4.69) is 26.9 Å². The molecule has 0 saturated carbocycles. The molecule has 0 spiro atoms. The van der Waals surface area contributed by atoms with Crippen LogP contribution in [0.3, 0.4) is 0 Å². The van der Waals surface area contributed by atoms with Crippen LogP contribution < -0.4 is 14.8 Å². The third-order valence-corrected chi connectivity index (χ3v) is 5.03. The van der Waals surface area contributed by atoms with Crippen LogP contribution in [0.2, 0.25) is 0 Å². The number of methoxy groups -OCH3 is 1. The van der Waals surface area contributed by atoms with Gasteiger partial charge in [0.25, 0.3) is 0 Å². The van der Waals surface area contributed by atoms with Crippen molar-refractivity contribution in [3.8, 4) is 11.5 Å². The van der Waals surface area contributed by atoms with Crippen molar-refractivity contribution in [1.29, 1.82) is 0 Å². The molecule has 0 saturated heterocycles. The monoisotopic (exact) mass is 395 g/mol. The molecule has 0 bridgehead atoms. The Morgan fingerprint density at radius 3 is 2.69 bits per heavy atom. The molecule has 2 aromatic carbocycles. The van der Waals surface area contributed by atoms with Gasteiger partial charge in [0, 0.05) is 36.8 Å². The van der Waals surface area contributed by atoms with Crippen molar-refractivity contribution in [3.05, 3.63) is 54.2 Å². The molecule has 0 aliphatic rings. The quantitative estimate of drug-likeness (QED) is 0.629. The number of likely N-dealkylation sites (N-methyl/N-ethyl adjacent to an activating group) is 1. The van der Waals surface area contributed by atoms with Crippen molar-refractivity contribution in [3.63, 3.8) is 0 Å². The maximum Gasteiger partial charge on any atom is 0.231 e. The number of aryl methyl sites for hydroxylation is 1. The summed E-state index contributed by atoms with van der Waals surface area (Å²) >= 11 is 0. The molecule has 0 aliphatic heterocycles. The summed E-state index contributed by atoms with van der Waals surface area (Å²) in [6, 6.07) is 13.6. The van der Waals surface area contributed by atoms with E-state index in [4.69, 9.17) is 9.47 Å². The van der Waals surface area contributed by atoms with E-state index in [0.29, 0.717) is 23.8 Å². The van der Waals surface area contributed by atoms with Gasteiger partial charge in [-0.2, -0.15) is 0 Å². The third-order valence-electron chi connectivity index (χ3n) is 5.03. The number of ether oxygens (including phenoxy) is 2. The average Bonchev–Trinajstić information content (AvgIpc) is 3.05. The minimum atomic E-state index is -0.304. The standard InChI is InChI=1S/C23H29N3O3/c1-16(19-15-26(4)21-9-7-6-8-18(19)21)23(27)24-20-11-10-17(14-22(20)28-5)29-13-12-25(2)3/h6-11,14-16H,12-13H2,1-5H3,(H,24,27). The molecule has 1 unspecified atom stereocenters. The molecule has 154 valence electrons. The van der Waals surface area contributed by atoms with Crippen LogP contribution in [-0.2, 0) is 11.8 Å². The molecule has 1 amide bonds. The van der Waals surface area contributed by atoms with Gasteiger partial charge in [-0.25, -0.2) is 0 Å². The lowest BCUT2D eigenvalue weighted by atomic mass is 9.99. The fourth-order valence-electron chi connectivity index (χ4n) is 3.31. The second kappa shape index (κ2) is 9.01. The zero-order valence-electron chi connectivity index (χ0n) is 17.7. The summed E-state index contributed by atoms with van der Waals surface area (Å²) in [5.41, 5.74) is 2.74. The van der Waals surface area contributed by atoms with Crippen LogP contribution >= 0.6 is 0 Å². The maximum atomic E-state index is 13.0. The van der Waals surface area contributed by atoms with Gasteiger partial charge in [-0.3, -0.25) is 4.79 Å². The van der Waals surface area contributed by atoms with Gasteiger partial charge < -0.3 is 24.3 Å². The van der Waals surface area contributed by atoms with Gasteiger partial charge in [0.15, 0.2) is 0 Å². The second-order valence-electron chi connectivity index (χ2n) is 7.44. The highest BCUT2D eigenvalue weighted by Crippen LogP contribution is 2.32. The molecule has 1 N–H and O–H groups in total. The Morgan fingerprint density at radius 2 is 1.97 bits per heavy atom. The number of nitrogens with one attached hydrogen (secondary N) is 1. The SMILES string of the molecule is COc1cc(OCCN(C)C)ccc1NC(=O)C(C)c1cn(C)c2ccccc12. The zero-order chi connectivity index (χ0) is 21.0. The number of anilines is 1. The van der Waals surface area contributed by atoms with Gasteiger partial charge in [0.05, 0.1) is 18.7 Å². The van der Waals surface area contributed by atoms with Gasteiger partial charge >= 0.3 is 0 Å². The van der Waals surface area contributed by atoms with E-state index in [-0.39, 0.29) is 11.8 Å². The van der Waals surface area contributed by atoms with Crippen LogP contribution in [0.15, 0.2) is 48.7 Å². The first-order chi connectivity index (χ1) is 13.9. The molecule has 0 fully saturated rings. The number of amides is 1. The molecule has 6 heteroatoms. The second-order valence-corrected chi connectivity index (χ2v) is 7.44. The van der Waals surface area contributed by atoms with E-state index in [1.807, 2.05) is 58.5 Å². The van der Waals surface area contributed by atoms with Crippen LogP contribution in [0.5, 0.6) is 11.5 Å². The Labute approximate surface area is 172 Å². The highest BCUT2D eigenvalue weighted by Gasteiger charge is 2.21. The predicted octanol–water partition coefficient (Wildman–Crippen LogP) is 3.87. The number of nitrogens with zero attached hydrogens (tertiary/aromatic N) is 2. The van der Waals surface area contributed by atoms with Crippen LogP contribution in [-0.4, -0.2) is 49.7 Å². The largest absolute Gasteiger partial charge is 0.494 e. The van der Waals surface area contributed by atoms with Gasteiger partial charge in [-0.15, -0.1) is 0 Å². The molecular formula is C23H29N3O3. The number of carbonyl (C=O) groups is 1. The Bertz CT molecular complexity index is 994. The lowest BCUT2D eigenvalue weighted by Gasteiger charge is -2.16. The maximum absolute atomic E-state index is 13.0. The van der Waals surface area contributed by atoms with E-state index in [0.717, 1.165) is 23.0 Å². The number of benzene rings is 2. The van der Waals surface area contributed by atoms with E-state index < -0.39 is 0 Å². The average molecular weight is 396 g/mol. The summed E-state index contributed by atoms with van der Waals surface area (Å²) in [6.45, 7) is 3.33. The summed E-state index contributed by atoms with van der Waals surface area (Å²) in [5, 5.41) is 4.09. The number of hydrogen-bond acceptors (Lipinski definition) is 4. The van der Waals surface area contributed by atoms with Crippen molar-refractivity contribution in [2.75, 3.05) is 39.7 Å². The van der Waals surface area contributed by atoms with Crippen molar-refractivity contribution in [2.45, 2.75) is 12.8 Å². The third kappa shape index (κ3) is 4.71. The first-order valence-corrected chi connectivity index (χ1v) is 9.71. The number of aromatic nitrogens is 1. The number of hydrogen-bond donors (Lipinski definition) is 1. The zero-order valence-corrected chi connectivity index (χ0v) is 17.7. The number of fused-ring (bicyclic) bond motifs is 1. The van der Waals surface area contributed by atoms with Crippen molar-refractivity contribution in [2.24, 2.45) is 7.05 Å². The summed E-state index contributed by atoms with van der Waals surface area (Å²) in [6.07, 6.45) is 2.02. The van der Waals surface area contributed by atoms with E-state index in [1.165, 1.54) is 0 Å². The topological polar surface area (TPSA) is 55.7 Å². The fourth-order valence-corrected chi connectivity index (χ4v) is 3.31. The Morgan fingerprint density at radius 1 is 1.21 bits per heavy atom. The molecule has 29 heavy (non-hydrogen) atoms. The molecule has 0 radical (unpaired) electrons. The number of rotatable bonds is 8. The van der Waals surface area contributed by atoms with Gasteiger partial charge in [-0.1, -0.05) is 18.2 Å². The molecule has 1 atom stereocenters. The van der Waals surface area contributed by atoms with E-state index in [1.54, 1.807) is 13.2 Å². The van der Waals surface area contributed by atoms with E-state index in [9.17, 15) is 4.79 Å². The first-order valence-electron chi connectivity index (χ1n) is 9.71. The minimum Gasteiger partial charge on any atom is -0.494 e. The lowest BCUT2D eigenvalue weighted by molar-refractivity contribution is -0.117. The Hall–Kier alpha value is -2.99. The number of carbonyl (C=O) groups excluding carboxylic acids is 1. The molecular weight excluding hydrogens is 366 g/mol. The van der Waals surface area contributed by atoms with Crippen LogP contribution in [0.4, 0.5) is 5.69 Å². The van der Waals surface area contributed by atoms with E-state index >= 15 is 0 Å². The highest BCUT2D eigenvalue weighted by molar-refractivity contribution is 6.00. The van der Waals surface area contributed by atoms with Gasteiger partial charge in [0.1, 0.15) is 18.1 Å². The van der Waals surface area contributed by atoms with Crippen molar-refractivity contribution >= 4 is 22.5 Å². The van der Waals surface area contributed by atoms with Crippen molar-refractivity contribution in [1.82, 2.24) is 9.47 Å². The predicted molar refractivity (Wildman–Crippen MR) is 117 cm³/mol. The van der Waals surface area contributed by atoms with Gasteiger partial charge in [0.2, 0.25) is 5.91 Å². The van der Waals surface area contributed by atoms with Crippen molar-refractivity contribution < 1.29 is 14.3 Å². The smallest absolute Gasteiger partial charge is 0.231 e. The highest BCUT2D eigenvalue weighted by atomic mass is 16.5. The Kier molecular flexibility index (Phi) is 6.44. The summed E-state index contributed by atoms with van der Waals surface area (Å²) in [7, 11) is 7.58. The first kappa shape index (κ1) is 20.7. The van der Waals surface area contributed by atoms with Crippen LogP contribution in [0.25, 0.3) is 10.9 Å². The lowest BCUT2D eigenvalue weighted by Crippen LogP contribution is -2.20.